The van der Waals surface area contributed by atoms with Gasteiger partial charge in [0.1, 0.15) is 0 Å². The van der Waals surface area contributed by atoms with Gasteiger partial charge in [0.15, 0.2) is 5.69 Å². The van der Waals surface area contributed by atoms with Gasteiger partial charge in [0.05, 0.1) is 12.7 Å². The highest BCUT2D eigenvalue weighted by Gasteiger charge is 2.20. The van der Waals surface area contributed by atoms with Crippen LogP contribution in [0.5, 0.6) is 0 Å². The van der Waals surface area contributed by atoms with E-state index in [0.717, 1.165) is 10.9 Å². The standard InChI is InChI=1S/C13H13BrN2O3/c1-16-12(17)10(11(15-16)13(18)19-2)9-5-3-8(7-14)4-6-9/h3-6,15H,7H2,1-2H3. The van der Waals surface area contributed by atoms with E-state index < -0.39 is 5.97 Å². The average Bonchev–Trinajstić information content (AvgIpc) is 2.74. The highest BCUT2D eigenvalue weighted by Crippen LogP contribution is 2.21. The molecule has 0 fully saturated rings. The molecule has 1 aromatic carbocycles. The molecule has 2 rings (SSSR count). The first-order valence-electron chi connectivity index (χ1n) is 5.61. The van der Waals surface area contributed by atoms with Gasteiger partial charge in [-0.05, 0) is 11.1 Å². The number of H-pyrrole nitrogens is 1. The number of hydrogen-bond acceptors (Lipinski definition) is 3. The molecule has 19 heavy (non-hydrogen) atoms. The molecule has 100 valence electrons. The molecule has 0 amide bonds. The summed E-state index contributed by atoms with van der Waals surface area (Å²) in [5, 5.41) is 3.45. The SMILES string of the molecule is COC(=O)c1[nH]n(C)c(=O)c1-c1ccc(CBr)cc1. The molecule has 0 aliphatic rings. The highest BCUT2D eigenvalue weighted by atomic mass is 79.9. The van der Waals surface area contributed by atoms with Crippen molar-refractivity contribution in [3.05, 3.63) is 45.9 Å². The fourth-order valence-electron chi connectivity index (χ4n) is 1.83. The van der Waals surface area contributed by atoms with Crippen molar-refractivity contribution < 1.29 is 9.53 Å². The van der Waals surface area contributed by atoms with E-state index in [2.05, 4.69) is 25.8 Å². The van der Waals surface area contributed by atoms with Crippen LogP contribution >= 0.6 is 15.9 Å². The molecule has 1 aromatic heterocycles. The number of carbonyl (C=O) groups excluding carboxylic acids is 1. The Labute approximate surface area is 118 Å². The summed E-state index contributed by atoms with van der Waals surface area (Å²) in [4.78, 5) is 23.8. The van der Waals surface area contributed by atoms with Gasteiger partial charge in [0, 0.05) is 12.4 Å². The third-order valence-electron chi connectivity index (χ3n) is 2.83. The largest absolute Gasteiger partial charge is 0.464 e. The molecule has 0 aliphatic heterocycles. The Hall–Kier alpha value is -1.82. The summed E-state index contributed by atoms with van der Waals surface area (Å²) in [6, 6.07) is 7.43. The Kier molecular flexibility index (Phi) is 3.90. The maximum absolute atomic E-state index is 12.1. The first-order chi connectivity index (χ1) is 9.08. The van der Waals surface area contributed by atoms with Crippen molar-refractivity contribution in [3.63, 3.8) is 0 Å². The molecule has 6 heteroatoms. The molecule has 0 saturated carbocycles. The van der Waals surface area contributed by atoms with Gasteiger partial charge < -0.3 is 4.74 Å². The van der Waals surface area contributed by atoms with Crippen LogP contribution in [0.1, 0.15) is 16.1 Å². The monoisotopic (exact) mass is 324 g/mol. The lowest BCUT2D eigenvalue weighted by molar-refractivity contribution is 0.0594. The minimum atomic E-state index is -0.558. The zero-order valence-corrected chi connectivity index (χ0v) is 12.2. The fraction of sp³-hybridized carbons (Fsp3) is 0.231. The van der Waals surface area contributed by atoms with Crippen molar-refractivity contribution in [3.8, 4) is 11.1 Å². The number of nitrogens with zero attached hydrogens (tertiary/aromatic N) is 1. The summed E-state index contributed by atoms with van der Waals surface area (Å²) in [6.45, 7) is 0. The van der Waals surface area contributed by atoms with Crippen molar-refractivity contribution in [1.82, 2.24) is 9.78 Å². The second-order valence-corrected chi connectivity index (χ2v) is 4.61. The topological polar surface area (TPSA) is 64.1 Å². The number of hydrogen-bond donors (Lipinski definition) is 1. The predicted octanol–water partition coefficient (Wildman–Crippen LogP) is 2.06. The van der Waals surface area contributed by atoms with E-state index in [1.807, 2.05) is 24.3 Å². The third kappa shape index (κ3) is 2.49. The van der Waals surface area contributed by atoms with Crippen LogP contribution in [0.4, 0.5) is 0 Å². The number of benzene rings is 1. The van der Waals surface area contributed by atoms with Crippen molar-refractivity contribution in [1.29, 1.82) is 0 Å². The van der Waals surface area contributed by atoms with Crippen molar-refractivity contribution >= 4 is 21.9 Å². The maximum Gasteiger partial charge on any atom is 0.356 e. The van der Waals surface area contributed by atoms with Crippen LogP contribution < -0.4 is 5.56 Å². The van der Waals surface area contributed by atoms with E-state index in [1.165, 1.54) is 11.8 Å². The van der Waals surface area contributed by atoms with Gasteiger partial charge in [-0.15, -0.1) is 0 Å². The second kappa shape index (κ2) is 5.44. The number of aryl methyl sites for hydroxylation is 1. The smallest absolute Gasteiger partial charge is 0.356 e. The third-order valence-corrected chi connectivity index (χ3v) is 3.48. The van der Waals surface area contributed by atoms with Gasteiger partial charge in [0.25, 0.3) is 5.56 Å². The molecule has 0 unspecified atom stereocenters. The molecule has 0 radical (unpaired) electrons. The van der Waals surface area contributed by atoms with E-state index in [9.17, 15) is 9.59 Å². The summed E-state index contributed by atoms with van der Waals surface area (Å²) in [5.41, 5.74) is 2.02. The van der Waals surface area contributed by atoms with E-state index in [-0.39, 0.29) is 11.3 Å². The van der Waals surface area contributed by atoms with Crippen molar-refractivity contribution in [2.24, 2.45) is 7.05 Å². The normalized spacial score (nSPS) is 10.5. The molecule has 0 bridgehead atoms. The number of methoxy groups -OCH3 is 1. The highest BCUT2D eigenvalue weighted by molar-refractivity contribution is 9.08. The summed E-state index contributed by atoms with van der Waals surface area (Å²) < 4.78 is 5.95. The molecular weight excluding hydrogens is 312 g/mol. The number of alkyl halides is 1. The minimum Gasteiger partial charge on any atom is -0.464 e. The maximum atomic E-state index is 12.1. The first-order valence-corrected chi connectivity index (χ1v) is 6.73. The Bertz CT molecular complexity index is 656. The molecular formula is C13H13BrN2O3. The molecule has 0 saturated heterocycles. The first kappa shape index (κ1) is 13.6. The molecule has 1 N–H and O–H groups in total. The zero-order valence-electron chi connectivity index (χ0n) is 10.6. The van der Waals surface area contributed by atoms with Crippen molar-refractivity contribution in [2.45, 2.75) is 5.33 Å². The quantitative estimate of drug-likeness (QED) is 0.694. The lowest BCUT2D eigenvalue weighted by atomic mass is 10.0. The molecule has 0 aliphatic carbocycles. The molecule has 5 nitrogen and oxygen atoms in total. The number of rotatable bonds is 3. The summed E-state index contributed by atoms with van der Waals surface area (Å²) in [7, 11) is 2.84. The van der Waals surface area contributed by atoms with Crippen LogP contribution in [0.3, 0.4) is 0 Å². The Balaban J connectivity index is 2.59. The lowest BCUT2D eigenvalue weighted by Crippen LogP contribution is -2.13. The van der Waals surface area contributed by atoms with Gasteiger partial charge in [-0.1, -0.05) is 40.2 Å². The van der Waals surface area contributed by atoms with E-state index in [4.69, 9.17) is 0 Å². The van der Waals surface area contributed by atoms with Crippen molar-refractivity contribution in [2.75, 3.05) is 7.11 Å². The van der Waals surface area contributed by atoms with E-state index in [1.54, 1.807) is 7.05 Å². The Morgan fingerprint density at radius 1 is 1.37 bits per heavy atom. The van der Waals surface area contributed by atoms with Crippen LogP contribution in [-0.2, 0) is 17.1 Å². The Morgan fingerprint density at radius 2 is 2.00 bits per heavy atom. The number of carbonyl (C=O) groups is 1. The van der Waals surface area contributed by atoms with Crippen LogP contribution in [0.15, 0.2) is 29.1 Å². The molecule has 0 atom stereocenters. The van der Waals surface area contributed by atoms with Crippen LogP contribution in [-0.4, -0.2) is 22.9 Å². The van der Waals surface area contributed by atoms with E-state index in [0.29, 0.717) is 11.1 Å². The molecule has 0 spiro atoms. The molecule has 2 aromatic rings. The minimum absolute atomic E-state index is 0.168. The molecule has 1 heterocycles. The number of ether oxygens (including phenoxy) is 1. The summed E-state index contributed by atoms with van der Waals surface area (Å²) in [6.07, 6.45) is 0. The van der Waals surface area contributed by atoms with Crippen LogP contribution in [0.2, 0.25) is 0 Å². The lowest BCUT2D eigenvalue weighted by Gasteiger charge is -2.02. The van der Waals surface area contributed by atoms with Gasteiger partial charge >= 0.3 is 5.97 Å². The van der Waals surface area contributed by atoms with Gasteiger partial charge in [-0.2, -0.15) is 0 Å². The van der Waals surface area contributed by atoms with Crippen LogP contribution in [0.25, 0.3) is 11.1 Å². The fourth-order valence-corrected chi connectivity index (χ4v) is 2.20. The Morgan fingerprint density at radius 3 is 2.53 bits per heavy atom. The predicted molar refractivity (Wildman–Crippen MR) is 75.4 cm³/mol. The number of nitrogens with one attached hydrogen (secondary N) is 1. The zero-order chi connectivity index (χ0) is 14.0. The van der Waals surface area contributed by atoms with E-state index >= 15 is 0 Å². The van der Waals surface area contributed by atoms with Gasteiger partial charge in [-0.3, -0.25) is 14.6 Å². The summed E-state index contributed by atoms with van der Waals surface area (Å²) in [5.74, 6) is -0.558. The number of halogens is 1. The number of aromatic amines is 1. The number of esters is 1. The number of aromatic nitrogens is 2. The van der Waals surface area contributed by atoms with Gasteiger partial charge in [0.2, 0.25) is 0 Å². The second-order valence-electron chi connectivity index (χ2n) is 4.05. The summed E-state index contributed by atoms with van der Waals surface area (Å²) >= 11 is 3.36. The van der Waals surface area contributed by atoms with Crippen LogP contribution in [0, 0.1) is 0 Å². The van der Waals surface area contributed by atoms with Gasteiger partial charge in [-0.25, -0.2) is 4.79 Å². The average molecular weight is 325 g/mol.